The zero-order valence-electron chi connectivity index (χ0n) is 12.1. The van der Waals surface area contributed by atoms with Gasteiger partial charge in [0.05, 0.1) is 11.3 Å². The molecule has 1 aromatic carbocycles. The summed E-state index contributed by atoms with van der Waals surface area (Å²) in [7, 11) is -2.21. The monoisotopic (exact) mass is 328 g/mol. The molecule has 2 aromatic rings. The molecule has 0 aliphatic rings. The van der Waals surface area contributed by atoms with Gasteiger partial charge in [0.2, 0.25) is 10.0 Å². The first-order valence-corrected chi connectivity index (χ1v) is 8.33. The van der Waals surface area contributed by atoms with Crippen molar-refractivity contribution in [3.63, 3.8) is 0 Å². The maximum atomic E-state index is 13.3. The van der Waals surface area contributed by atoms with E-state index in [9.17, 15) is 17.6 Å². The van der Waals surface area contributed by atoms with E-state index in [4.69, 9.17) is 4.74 Å². The van der Waals surface area contributed by atoms with Crippen LogP contribution in [0.1, 0.15) is 6.42 Å². The number of aromatic nitrogens is 1. The van der Waals surface area contributed by atoms with Gasteiger partial charge in [-0.05, 0) is 36.1 Å². The minimum atomic E-state index is -3.68. The number of nitrogens with zero attached hydrogens (tertiary/aromatic N) is 1. The molecule has 120 valence electrons. The van der Waals surface area contributed by atoms with Crippen molar-refractivity contribution in [2.24, 2.45) is 0 Å². The molecule has 0 aliphatic heterocycles. The van der Waals surface area contributed by atoms with E-state index in [1.807, 2.05) is 4.72 Å². The number of hydrogen-bond acceptors (Lipinski definition) is 4. The van der Waals surface area contributed by atoms with Crippen molar-refractivity contribution in [1.82, 2.24) is 9.29 Å². The Bertz CT molecular complexity index is 770. The van der Waals surface area contributed by atoms with Gasteiger partial charge in [-0.1, -0.05) is 0 Å². The van der Waals surface area contributed by atoms with Crippen LogP contribution in [0.2, 0.25) is 0 Å². The highest BCUT2D eigenvalue weighted by Crippen LogP contribution is 2.16. The Morgan fingerprint density at radius 1 is 1.36 bits per heavy atom. The molecule has 1 N–H and O–H groups in total. The van der Waals surface area contributed by atoms with E-state index < -0.39 is 21.7 Å². The highest BCUT2D eigenvalue weighted by molar-refractivity contribution is 7.90. The van der Waals surface area contributed by atoms with E-state index in [1.165, 1.54) is 23.8 Å². The Balaban J connectivity index is 2.03. The standard InChI is InChI=1S/C14H17FN2O4S/c1-21-7-2-8-22(19,20)16-14(18)10-17-6-5-11-3-4-12(15)9-13(11)17/h3-6,9H,2,7-8,10H2,1H3,(H,16,18). The molecule has 0 spiro atoms. The van der Waals surface area contributed by atoms with Crippen molar-refractivity contribution in [2.45, 2.75) is 13.0 Å². The minimum absolute atomic E-state index is 0.187. The molecule has 0 unspecified atom stereocenters. The molecule has 8 heteroatoms. The topological polar surface area (TPSA) is 77.4 Å². The zero-order valence-corrected chi connectivity index (χ0v) is 12.9. The number of methoxy groups -OCH3 is 1. The van der Waals surface area contributed by atoms with Crippen LogP contribution in [0, 0.1) is 5.82 Å². The number of carbonyl (C=O) groups excluding carboxylic acids is 1. The van der Waals surface area contributed by atoms with Crippen LogP contribution < -0.4 is 4.72 Å². The fourth-order valence-electron chi connectivity index (χ4n) is 2.10. The van der Waals surface area contributed by atoms with Crippen LogP contribution in [0.3, 0.4) is 0 Å². The van der Waals surface area contributed by atoms with Crippen LogP contribution >= 0.6 is 0 Å². The molecule has 0 aliphatic carbocycles. The third kappa shape index (κ3) is 4.28. The van der Waals surface area contributed by atoms with Crippen molar-refractivity contribution in [1.29, 1.82) is 0 Å². The van der Waals surface area contributed by atoms with Crippen LogP contribution in [-0.4, -0.2) is 38.4 Å². The van der Waals surface area contributed by atoms with Crippen LogP contribution in [0.4, 0.5) is 4.39 Å². The Hall–Kier alpha value is -1.93. The number of halogens is 1. The summed E-state index contributed by atoms with van der Waals surface area (Å²) in [4.78, 5) is 11.9. The summed E-state index contributed by atoms with van der Waals surface area (Å²) in [6.45, 7) is 0.104. The lowest BCUT2D eigenvalue weighted by atomic mass is 10.2. The lowest BCUT2D eigenvalue weighted by Crippen LogP contribution is -2.35. The molecule has 0 radical (unpaired) electrons. The second-order valence-electron chi connectivity index (χ2n) is 4.84. The van der Waals surface area contributed by atoms with Crippen LogP contribution in [0.25, 0.3) is 10.9 Å². The van der Waals surface area contributed by atoms with Gasteiger partial charge in [0.1, 0.15) is 12.4 Å². The van der Waals surface area contributed by atoms with Crippen molar-refractivity contribution in [3.05, 3.63) is 36.3 Å². The van der Waals surface area contributed by atoms with Gasteiger partial charge < -0.3 is 9.30 Å². The number of ether oxygens (including phenoxy) is 1. The third-order valence-corrected chi connectivity index (χ3v) is 4.45. The first kappa shape index (κ1) is 16.4. The molecule has 22 heavy (non-hydrogen) atoms. The molecule has 0 saturated carbocycles. The molecular weight excluding hydrogens is 311 g/mol. The summed E-state index contributed by atoms with van der Waals surface area (Å²) in [6.07, 6.45) is 1.91. The summed E-state index contributed by atoms with van der Waals surface area (Å²) >= 11 is 0. The van der Waals surface area contributed by atoms with Crippen LogP contribution in [0.5, 0.6) is 0 Å². The van der Waals surface area contributed by atoms with Gasteiger partial charge in [-0.3, -0.25) is 9.52 Å². The van der Waals surface area contributed by atoms with Gasteiger partial charge in [-0.2, -0.15) is 0 Å². The smallest absolute Gasteiger partial charge is 0.253 e. The highest BCUT2D eigenvalue weighted by atomic mass is 32.2. The first-order chi connectivity index (χ1) is 10.4. The van der Waals surface area contributed by atoms with E-state index in [1.54, 1.807) is 18.3 Å². The summed E-state index contributed by atoms with van der Waals surface area (Å²) in [6, 6.07) is 5.96. The van der Waals surface area contributed by atoms with Gasteiger partial charge in [0.15, 0.2) is 0 Å². The van der Waals surface area contributed by atoms with Gasteiger partial charge >= 0.3 is 0 Å². The van der Waals surface area contributed by atoms with Gasteiger partial charge in [0, 0.05) is 19.9 Å². The second-order valence-corrected chi connectivity index (χ2v) is 6.68. The number of amides is 1. The lowest BCUT2D eigenvalue weighted by molar-refractivity contribution is -0.119. The van der Waals surface area contributed by atoms with Crippen molar-refractivity contribution < 1.29 is 22.3 Å². The minimum Gasteiger partial charge on any atom is -0.385 e. The van der Waals surface area contributed by atoms with Crippen molar-refractivity contribution >= 4 is 26.8 Å². The molecule has 2 rings (SSSR count). The fraction of sp³-hybridized carbons (Fsp3) is 0.357. The zero-order chi connectivity index (χ0) is 16.2. The maximum absolute atomic E-state index is 13.3. The van der Waals surface area contributed by atoms with E-state index in [2.05, 4.69) is 0 Å². The van der Waals surface area contributed by atoms with E-state index in [0.717, 1.165) is 5.39 Å². The number of fused-ring (bicyclic) bond motifs is 1. The Labute approximate surface area is 127 Å². The predicted molar refractivity (Wildman–Crippen MR) is 80.3 cm³/mol. The average Bonchev–Trinajstić information content (AvgIpc) is 2.80. The maximum Gasteiger partial charge on any atom is 0.253 e. The highest BCUT2D eigenvalue weighted by Gasteiger charge is 2.15. The molecule has 0 fully saturated rings. The molecule has 1 heterocycles. The summed E-state index contributed by atoms with van der Waals surface area (Å²) in [5.41, 5.74) is 0.534. The summed E-state index contributed by atoms with van der Waals surface area (Å²) in [5, 5.41) is 0.775. The lowest BCUT2D eigenvalue weighted by Gasteiger charge is -2.08. The fourth-order valence-corrected chi connectivity index (χ4v) is 3.11. The third-order valence-electron chi connectivity index (χ3n) is 3.08. The molecule has 0 atom stereocenters. The van der Waals surface area contributed by atoms with Gasteiger partial charge in [-0.25, -0.2) is 12.8 Å². The summed E-state index contributed by atoms with van der Waals surface area (Å²) < 4.78 is 44.9. The van der Waals surface area contributed by atoms with Gasteiger partial charge in [0.25, 0.3) is 5.91 Å². The predicted octanol–water partition coefficient (Wildman–Crippen LogP) is 1.26. The average molecular weight is 328 g/mol. The van der Waals surface area contributed by atoms with Crippen LogP contribution in [-0.2, 0) is 26.1 Å². The molecule has 1 aromatic heterocycles. The number of carbonyl (C=O) groups is 1. The molecule has 0 bridgehead atoms. The number of rotatable bonds is 7. The summed E-state index contributed by atoms with van der Waals surface area (Å²) in [5.74, 6) is -1.27. The van der Waals surface area contributed by atoms with Gasteiger partial charge in [-0.15, -0.1) is 0 Å². The van der Waals surface area contributed by atoms with E-state index in [0.29, 0.717) is 18.5 Å². The number of hydrogen-bond donors (Lipinski definition) is 1. The number of nitrogens with one attached hydrogen (secondary N) is 1. The first-order valence-electron chi connectivity index (χ1n) is 6.68. The van der Waals surface area contributed by atoms with Crippen LogP contribution in [0.15, 0.2) is 30.5 Å². The number of sulfonamides is 1. The van der Waals surface area contributed by atoms with Crippen molar-refractivity contribution in [2.75, 3.05) is 19.5 Å². The normalized spacial score (nSPS) is 11.7. The molecule has 0 saturated heterocycles. The Morgan fingerprint density at radius 3 is 2.86 bits per heavy atom. The van der Waals surface area contributed by atoms with Crippen molar-refractivity contribution in [3.8, 4) is 0 Å². The Kier molecular flexibility index (Phi) is 5.15. The second kappa shape index (κ2) is 6.89. The Morgan fingerprint density at radius 2 is 2.14 bits per heavy atom. The SMILES string of the molecule is COCCCS(=O)(=O)NC(=O)Cn1ccc2ccc(F)cc21. The molecular formula is C14H17FN2O4S. The number of benzene rings is 1. The van der Waals surface area contributed by atoms with E-state index in [-0.39, 0.29) is 12.3 Å². The molecule has 1 amide bonds. The van der Waals surface area contributed by atoms with E-state index >= 15 is 0 Å². The quantitative estimate of drug-likeness (QED) is 0.776. The largest absolute Gasteiger partial charge is 0.385 e. The molecule has 6 nitrogen and oxygen atoms in total.